The molecule has 3 unspecified atom stereocenters. The third kappa shape index (κ3) is 30.0. The van der Waals surface area contributed by atoms with Gasteiger partial charge in [-0.15, -0.1) is 0 Å². The zero-order valence-corrected chi connectivity index (χ0v) is 39.2. The van der Waals surface area contributed by atoms with Crippen molar-refractivity contribution in [3.63, 3.8) is 0 Å². The molecule has 0 aromatic carbocycles. The Balaban J connectivity index is 2.52. The molecule has 64 heavy (non-hydrogen) atoms. The number of aliphatic hydroxyl groups excluding tert-OH is 5. The Morgan fingerprint density at radius 1 is 0.547 bits per heavy atom. The van der Waals surface area contributed by atoms with E-state index in [-0.39, 0.29) is 18.6 Å². The minimum absolute atomic E-state index is 0.000439. The van der Waals surface area contributed by atoms with E-state index < -0.39 is 75.7 Å². The number of phosphoric acid groups is 1. The third-order valence-corrected chi connectivity index (χ3v) is 11.2. The number of hydrogen-bond acceptors (Lipinski definition) is 13. The van der Waals surface area contributed by atoms with Crippen molar-refractivity contribution in [2.24, 2.45) is 0 Å². The van der Waals surface area contributed by atoms with E-state index in [9.17, 15) is 49.4 Å². The van der Waals surface area contributed by atoms with Crippen molar-refractivity contribution in [2.45, 2.75) is 191 Å². The van der Waals surface area contributed by atoms with Crippen molar-refractivity contribution in [2.75, 3.05) is 13.2 Å². The van der Waals surface area contributed by atoms with E-state index in [0.29, 0.717) is 25.7 Å². The molecule has 15 heteroatoms. The van der Waals surface area contributed by atoms with Crippen LogP contribution in [0.3, 0.4) is 0 Å². The summed E-state index contributed by atoms with van der Waals surface area (Å²) in [7, 11) is -5.16. The fourth-order valence-corrected chi connectivity index (χ4v) is 7.38. The van der Waals surface area contributed by atoms with E-state index >= 15 is 0 Å². The fourth-order valence-electron chi connectivity index (χ4n) is 6.41. The normalized spacial score (nSPS) is 22.2. The van der Waals surface area contributed by atoms with Crippen molar-refractivity contribution in [3.8, 4) is 0 Å². The number of carbonyl (C=O) groups is 3. The van der Waals surface area contributed by atoms with Gasteiger partial charge in [-0.1, -0.05) is 131 Å². The zero-order valence-electron chi connectivity index (χ0n) is 38.3. The van der Waals surface area contributed by atoms with Crippen molar-refractivity contribution >= 4 is 25.5 Å². The van der Waals surface area contributed by atoms with Crippen molar-refractivity contribution in [3.05, 3.63) is 85.1 Å². The number of rotatable bonds is 37. The number of esters is 2. The van der Waals surface area contributed by atoms with Gasteiger partial charge in [0.15, 0.2) is 11.9 Å². The van der Waals surface area contributed by atoms with Gasteiger partial charge in [0.2, 0.25) is 0 Å². The van der Waals surface area contributed by atoms with Gasteiger partial charge in [0.25, 0.3) is 0 Å². The van der Waals surface area contributed by atoms with Crippen LogP contribution in [0.1, 0.15) is 149 Å². The first-order valence-electron chi connectivity index (χ1n) is 23.3. The number of allylic oxidation sites excluding steroid dienone is 14. The molecule has 0 aromatic heterocycles. The predicted octanol–water partition coefficient (Wildman–Crippen LogP) is 8.46. The van der Waals surface area contributed by atoms with E-state index in [4.69, 9.17) is 18.5 Å². The van der Waals surface area contributed by atoms with Crippen molar-refractivity contribution < 1.29 is 67.9 Å². The lowest BCUT2D eigenvalue weighted by Gasteiger charge is -2.41. The fraction of sp³-hybridized carbons (Fsp3) is 0.653. The zero-order chi connectivity index (χ0) is 47.3. The Morgan fingerprint density at radius 2 is 1.03 bits per heavy atom. The molecule has 0 heterocycles. The molecule has 8 atom stereocenters. The molecule has 1 fully saturated rings. The summed E-state index contributed by atoms with van der Waals surface area (Å²) in [5.74, 6) is -1.18. The quantitative estimate of drug-likeness (QED) is 0.00859. The van der Waals surface area contributed by atoms with Gasteiger partial charge in [-0.2, -0.15) is 0 Å². The highest BCUT2D eigenvalue weighted by molar-refractivity contribution is 7.47. The highest BCUT2D eigenvalue weighted by Crippen LogP contribution is 2.47. The summed E-state index contributed by atoms with van der Waals surface area (Å²) in [6.45, 7) is 2.99. The van der Waals surface area contributed by atoms with E-state index in [1.54, 1.807) is 12.2 Å². The molecule has 0 bridgehead atoms. The predicted molar refractivity (Wildman–Crippen MR) is 249 cm³/mol. The van der Waals surface area contributed by atoms with E-state index in [1.807, 2.05) is 6.08 Å². The largest absolute Gasteiger partial charge is 0.472 e. The topological polar surface area (TPSA) is 227 Å². The summed E-state index contributed by atoms with van der Waals surface area (Å²) in [6.07, 6.45) is 31.6. The summed E-state index contributed by atoms with van der Waals surface area (Å²) >= 11 is 0. The molecule has 0 amide bonds. The van der Waals surface area contributed by atoms with Crippen LogP contribution in [-0.2, 0) is 37.5 Å². The Morgan fingerprint density at radius 3 is 1.62 bits per heavy atom. The second-order valence-corrected chi connectivity index (χ2v) is 17.3. The van der Waals surface area contributed by atoms with Crippen LogP contribution in [-0.4, -0.2) is 104 Å². The van der Waals surface area contributed by atoms with Gasteiger partial charge in [0.05, 0.1) is 6.61 Å². The monoisotopic (exact) mass is 923 g/mol. The molecule has 1 rings (SSSR count). The van der Waals surface area contributed by atoms with Crippen LogP contribution in [0.25, 0.3) is 0 Å². The molecule has 0 saturated heterocycles. The maximum atomic E-state index is 12.8. The van der Waals surface area contributed by atoms with Gasteiger partial charge in [-0.25, -0.2) is 4.57 Å². The number of unbranched alkanes of at least 4 members (excludes halogenated alkanes) is 10. The number of hydrogen-bond donors (Lipinski definition) is 6. The van der Waals surface area contributed by atoms with Crippen LogP contribution in [0.2, 0.25) is 0 Å². The highest BCUT2D eigenvalue weighted by Gasteiger charge is 2.51. The molecular formula is C49H79O14P. The second-order valence-electron chi connectivity index (χ2n) is 15.9. The molecule has 6 N–H and O–H groups in total. The molecule has 0 aliphatic heterocycles. The molecule has 0 spiro atoms. The molecule has 1 saturated carbocycles. The molecule has 364 valence electrons. The Kier molecular flexibility index (Phi) is 34.7. The van der Waals surface area contributed by atoms with E-state index in [1.165, 1.54) is 12.8 Å². The van der Waals surface area contributed by atoms with Gasteiger partial charge in [0.1, 0.15) is 43.2 Å². The summed E-state index contributed by atoms with van der Waals surface area (Å²) in [5.41, 5.74) is 0. The average Bonchev–Trinajstić information content (AvgIpc) is 3.27. The summed E-state index contributed by atoms with van der Waals surface area (Å²) in [4.78, 5) is 47.8. The minimum Gasteiger partial charge on any atom is -0.462 e. The van der Waals surface area contributed by atoms with Crippen LogP contribution in [0, 0.1) is 0 Å². The maximum Gasteiger partial charge on any atom is 0.472 e. The second kappa shape index (κ2) is 37.9. The Bertz CT molecular complexity index is 1500. The number of ketones is 1. The standard InChI is InChI=1S/C49H79O14P/c1-3-5-7-9-11-12-13-14-15-16-17-18-19-20-21-22-24-28-32-36-42(51)60-38-41(39-61-64(58,59)63-49-47(56)45(54)44(53)46(55)48(49)57)62-43(52)37-33-29-25-27-31-35-40(50)34-30-26-23-10-8-6-4-2/h5,7,11-12,14-15,17-18,20-21,23,26,30,34,41,44-49,53-57H,3-4,6,8-10,13,16,19,22,24-25,27-29,31-33,35-39H2,1-2H3,(H,58,59)/b7-5-,12-11-,15-14-,18-17-,21-20-,26-23-,34-30+/t41-,44?,45-,46+,47-,48-,49?/m1/s1. The maximum absolute atomic E-state index is 12.8. The van der Waals surface area contributed by atoms with Crippen LogP contribution < -0.4 is 0 Å². The van der Waals surface area contributed by atoms with Gasteiger partial charge >= 0.3 is 19.8 Å². The molecule has 0 aromatic rings. The van der Waals surface area contributed by atoms with Gasteiger partial charge in [-0.3, -0.25) is 23.4 Å². The van der Waals surface area contributed by atoms with Gasteiger partial charge < -0.3 is 39.9 Å². The average molecular weight is 923 g/mol. The molecule has 14 nitrogen and oxygen atoms in total. The molecular weight excluding hydrogens is 843 g/mol. The number of phosphoric ester groups is 1. The van der Waals surface area contributed by atoms with Gasteiger partial charge in [-0.05, 0) is 83.1 Å². The minimum atomic E-state index is -5.16. The lowest BCUT2D eigenvalue weighted by Crippen LogP contribution is -2.64. The van der Waals surface area contributed by atoms with Crippen LogP contribution in [0.4, 0.5) is 0 Å². The number of carbonyl (C=O) groups excluding carboxylic acids is 3. The summed E-state index contributed by atoms with van der Waals surface area (Å²) in [5, 5.41) is 50.1. The summed E-state index contributed by atoms with van der Waals surface area (Å²) < 4.78 is 33.4. The third-order valence-electron chi connectivity index (χ3n) is 10.2. The molecule has 1 aliphatic rings. The van der Waals surface area contributed by atoms with E-state index in [2.05, 4.69) is 80.7 Å². The highest BCUT2D eigenvalue weighted by atomic mass is 31.2. The van der Waals surface area contributed by atoms with Crippen LogP contribution in [0.5, 0.6) is 0 Å². The van der Waals surface area contributed by atoms with Crippen molar-refractivity contribution in [1.82, 2.24) is 0 Å². The smallest absolute Gasteiger partial charge is 0.462 e. The molecule has 0 radical (unpaired) electrons. The van der Waals surface area contributed by atoms with Crippen LogP contribution in [0.15, 0.2) is 85.1 Å². The van der Waals surface area contributed by atoms with Crippen molar-refractivity contribution in [1.29, 1.82) is 0 Å². The number of aliphatic hydroxyl groups is 5. The first-order chi connectivity index (χ1) is 30.8. The Hall–Kier alpha value is -3.30. The van der Waals surface area contributed by atoms with Crippen LogP contribution >= 0.6 is 7.82 Å². The first-order valence-corrected chi connectivity index (χ1v) is 24.8. The van der Waals surface area contributed by atoms with E-state index in [0.717, 1.165) is 83.5 Å². The lowest BCUT2D eigenvalue weighted by molar-refractivity contribution is -0.220. The molecule has 1 aliphatic carbocycles. The van der Waals surface area contributed by atoms with Gasteiger partial charge in [0, 0.05) is 19.3 Å². The summed E-state index contributed by atoms with van der Waals surface area (Å²) in [6, 6.07) is 0. The lowest BCUT2D eigenvalue weighted by atomic mass is 9.85. The SMILES string of the molecule is CC/C=C\C/C=C\C/C=C\C/C=C\C/C=C\CCCCCC(=O)OC[C@H](COP(=O)(O)OC1[C@H](O)[C@H](O)C(O)[C@H](O)[C@H]1O)OC(=O)CCCCCCCC(=O)/C=C/C=C\CCCCC. The Labute approximate surface area is 382 Å². The first kappa shape index (κ1) is 58.7. The number of ether oxygens (including phenoxy) is 2.